The first-order valence-electron chi connectivity index (χ1n) is 7.78. The van der Waals surface area contributed by atoms with E-state index in [0.29, 0.717) is 23.8 Å². The van der Waals surface area contributed by atoms with Gasteiger partial charge in [-0.05, 0) is 22.9 Å². The van der Waals surface area contributed by atoms with E-state index in [0.717, 1.165) is 16.3 Å². The average molecular weight is 336 g/mol. The van der Waals surface area contributed by atoms with Gasteiger partial charge in [-0.25, -0.2) is 12.7 Å². The molecule has 0 atom stereocenters. The molecule has 1 aliphatic rings. The third-order valence-corrected chi connectivity index (χ3v) is 5.93. The van der Waals surface area contributed by atoms with Crippen LogP contribution in [-0.4, -0.2) is 31.6 Å². The van der Waals surface area contributed by atoms with E-state index < -0.39 is 10.0 Å². The fourth-order valence-corrected chi connectivity index (χ4v) is 4.43. The standard InChI is InChI=1S/C19H16N2O2S/c22-24(23,18-11-10-15-6-4-5-9-17(15)14-18)21-13-12-20-19(21)16-7-2-1-3-8-16/h1-11,14H,12-13H2. The summed E-state index contributed by atoms with van der Waals surface area (Å²) in [5, 5.41) is 1.94. The highest BCUT2D eigenvalue weighted by Gasteiger charge is 2.31. The normalized spacial score (nSPS) is 14.8. The lowest BCUT2D eigenvalue weighted by Gasteiger charge is -2.20. The number of nitrogens with zero attached hydrogens (tertiary/aromatic N) is 2. The van der Waals surface area contributed by atoms with E-state index >= 15 is 0 Å². The summed E-state index contributed by atoms with van der Waals surface area (Å²) in [6, 6.07) is 22.4. The number of sulfonamides is 1. The molecule has 1 aliphatic heterocycles. The quantitative estimate of drug-likeness (QED) is 0.737. The number of rotatable bonds is 3. The molecule has 24 heavy (non-hydrogen) atoms. The van der Waals surface area contributed by atoms with Gasteiger partial charge in [-0.1, -0.05) is 60.7 Å². The van der Waals surface area contributed by atoms with Crippen LogP contribution in [0.5, 0.6) is 0 Å². The average Bonchev–Trinajstić information content (AvgIpc) is 3.13. The number of aliphatic imine (C=N–C) groups is 1. The predicted octanol–water partition coefficient (Wildman–Crippen LogP) is 3.29. The summed E-state index contributed by atoms with van der Waals surface area (Å²) in [6.07, 6.45) is 0. The molecule has 5 heteroatoms. The van der Waals surface area contributed by atoms with Gasteiger partial charge in [-0.2, -0.15) is 0 Å². The van der Waals surface area contributed by atoms with Crippen LogP contribution in [0.3, 0.4) is 0 Å². The van der Waals surface area contributed by atoms with Crippen molar-refractivity contribution < 1.29 is 8.42 Å². The summed E-state index contributed by atoms with van der Waals surface area (Å²) in [7, 11) is -3.62. The molecule has 1 heterocycles. The van der Waals surface area contributed by atoms with E-state index in [9.17, 15) is 8.42 Å². The third kappa shape index (κ3) is 2.47. The van der Waals surface area contributed by atoms with Crippen LogP contribution in [-0.2, 0) is 10.0 Å². The second-order valence-electron chi connectivity index (χ2n) is 5.66. The summed E-state index contributed by atoms with van der Waals surface area (Å²) in [6.45, 7) is 0.858. The fraction of sp³-hybridized carbons (Fsp3) is 0.105. The highest BCUT2D eigenvalue weighted by molar-refractivity contribution is 7.89. The van der Waals surface area contributed by atoms with Crippen LogP contribution < -0.4 is 0 Å². The maximum atomic E-state index is 13.1. The zero-order valence-electron chi connectivity index (χ0n) is 13.0. The van der Waals surface area contributed by atoms with Gasteiger partial charge in [0.2, 0.25) is 0 Å². The van der Waals surface area contributed by atoms with Crippen molar-refractivity contribution >= 4 is 26.6 Å². The van der Waals surface area contributed by atoms with Gasteiger partial charge < -0.3 is 0 Å². The molecular formula is C19H16N2O2S. The van der Waals surface area contributed by atoms with Crippen LogP contribution in [0, 0.1) is 0 Å². The maximum Gasteiger partial charge on any atom is 0.265 e. The van der Waals surface area contributed by atoms with Crippen LogP contribution in [0.25, 0.3) is 10.8 Å². The molecule has 0 radical (unpaired) electrons. The van der Waals surface area contributed by atoms with Gasteiger partial charge in [-0.15, -0.1) is 0 Å². The van der Waals surface area contributed by atoms with Crippen molar-refractivity contribution in [2.75, 3.05) is 13.1 Å². The van der Waals surface area contributed by atoms with E-state index in [4.69, 9.17) is 0 Å². The Morgan fingerprint density at radius 1 is 0.833 bits per heavy atom. The minimum atomic E-state index is -3.62. The molecule has 0 aliphatic carbocycles. The van der Waals surface area contributed by atoms with Crippen LogP contribution in [0.4, 0.5) is 0 Å². The smallest absolute Gasteiger partial charge is 0.265 e. The summed E-state index contributed by atoms with van der Waals surface area (Å²) < 4.78 is 27.6. The molecule has 120 valence electrons. The summed E-state index contributed by atoms with van der Waals surface area (Å²) >= 11 is 0. The highest BCUT2D eigenvalue weighted by Crippen LogP contribution is 2.25. The lowest BCUT2D eigenvalue weighted by Crippen LogP contribution is -2.34. The number of amidine groups is 1. The molecule has 0 aromatic heterocycles. The summed E-state index contributed by atoms with van der Waals surface area (Å²) in [4.78, 5) is 4.70. The number of benzene rings is 3. The molecule has 0 saturated heterocycles. The van der Waals surface area contributed by atoms with Gasteiger partial charge in [0.05, 0.1) is 18.0 Å². The first kappa shape index (κ1) is 14.9. The lowest BCUT2D eigenvalue weighted by molar-refractivity contribution is 0.538. The van der Waals surface area contributed by atoms with Crippen molar-refractivity contribution in [3.05, 3.63) is 78.4 Å². The van der Waals surface area contributed by atoms with Crippen LogP contribution in [0.1, 0.15) is 5.56 Å². The minimum absolute atomic E-state index is 0.298. The van der Waals surface area contributed by atoms with E-state index in [2.05, 4.69) is 4.99 Å². The van der Waals surface area contributed by atoms with Gasteiger partial charge in [0.15, 0.2) is 0 Å². The second-order valence-corrected chi connectivity index (χ2v) is 7.52. The van der Waals surface area contributed by atoms with Crippen molar-refractivity contribution in [1.82, 2.24) is 4.31 Å². The van der Waals surface area contributed by atoms with Gasteiger partial charge in [0, 0.05) is 5.56 Å². The molecule has 4 rings (SSSR count). The van der Waals surface area contributed by atoms with Crippen molar-refractivity contribution in [2.24, 2.45) is 4.99 Å². The van der Waals surface area contributed by atoms with Crippen molar-refractivity contribution in [2.45, 2.75) is 4.90 Å². The first-order valence-corrected chi connectivity index (χ1v) is 9.22. The Morgan fingerprint density at radius 3 is 2.33 bits per heavy atom. The van der Waals surface area contributed by atoms with E-state index in [-0.39, 0.29) is 0 Å². The number of hydrogen-bond donors (Lipinski definition) is 0. The molecule has 0 amide bonds. The Hall–Kier alpha value is -2.66. The van der Waals surface area contributed by atoms with Gasteiger partial charge >= 0.3 is 0 Å². The molecule has 0 fully saturated rings. The molecule has 4 nitrogen and oxygen atoms in total. The fourth-order valence-electron chi connectivity index (χ4n) is 2.94. The second kappa shape index (κ2) is 5.76. The van der Waals surface area contributed by atoms with Crippen molar-refractivity contribution in [1.29, 1.82) is 0 Å². The number of hydrogen-bond acceptors (Lipinski definition) is 3. The molecule has 0 bridgehead atoms. The SMILES string of the molecule is O=S(=O)(c1ccc2ccccc2c1)N1CCN=C1c1ccccc1. The van der Waals surface area contributed by atoms with E-state index in [1.54, 1.807) is 12.1 Å². The van der Waals surface area contributed by atoms with Crippen LogP contribution >= 0.6 is 0 Å². The molecule has 3 aromatic rings. The lowest BCUT2D eigenvalue weighted by atomic mass is 10.1. The first-order chi connectivity index (χ1) is 11.7. The topological polar surface area (TPSA) is 49.7 Å². The molecule has 0 spiro atoms. The van der Waals surface area contributed by atoms with Crippen LogP contribution in [0.2, 0.25) is 0 Å². The maximum absolute atomic E-state index is 13.1. The zero-order chi connectivity index (χ0) is 16.6. The van der Waals surface area contributed by atoms with Gasteiger partial charge in [0.25, 0.3) is 10.0 Å². The molecule has 3 aromatic carbocycles. The monoisotopic (exact) mass is 336 g/mol. The molecular weight excluding hydrogens is 320 g/mol. The van der Waals surface area contributed by atoms with Gasteiger partial charge in [0.1, 0.15) is 5.84 Å². The van der Waals surface area contributed by atoms with Gasteiger partial charge in [-0.3, -0.25) is 4.99 Å². The van der Waals surface area contributed by atoms with Crippen LogP contribution in [0.15, 0.2) is 82.7 Å². The largest absolute Gasteiger partial charge is 0.265 e. The third-order valence-electron chi connectivity index (χ3n) is 4.14. The van der Waals surface area contributed by atoms with Crippen molar-refractivity contribution in [3.63, 3.8) is 0 Å². The summed E-state index contributed by atoms with van der Waals surface area (Å²) in [5.41, 5.74) is 0.819. The summed E-state index contributed by atoms with van der Waals surface area (Å²) in [5.74, 6) is 0.517. The van der Waals surface area contributed by atoms with E-state index in [1.165, 1.54) is 4.31 Å². The Bertz CT molecular complexity index is 1030. The minimum Gasteiger partial charge on any atom is -0.265 e. The Morgan fingerprint density at radius 2 is 1.54 bits per heavy atom. The highest BCUT2D eigenvalue weighted by atomic mass is 32.2. The number of fused-ring (bicyclic) bond motifs is 1. The Labute approximate surface area is 141 Å². The Balaban J connectivity index is 1.77. The predicted molar refractivity (Wildman–Crippen MR) is 95.7 cm³/mol. The van der Waals surface area contributed by atoms with E-state index in [1.807, 2.05) is 60.7 Å². The Kier molecular flexibility index (Phi) is 3.58. The molecule has 0 unspecified atom stereocenters. The zero-order valence-corrected chi connectivity index (χ0v) is 13.8. The molecule has 0 saturated carbocycles. The molecule has 0 N–H and O–H groups in total. The van der Waals surface area contributed by atoms with Crippen molar-refractivity contribution in [3.8, 4) is 0 Å².